The van der Waals surface area contributed by atoms with E-state index in [1.54, 1.807) is 6.20 Å². The van der Waals surface area contributed by atoms with Crippen LogP contribution in [0.2, 0.25) is 0 Å². The number of carbonyl (C=O) groups excluding carboxylic acids is 2. The zero-order valence-corrected chi connectivity index (χ0v) is 16.6. The van der Waals surface area contributed by atoms with Crippen molar-refractivity contribution in [2.24, 2.45) is 0 Å². The van der Waals surface area contributed by atoms with Crippen LogP contribution in [-0.2, 0) is 22.2 Å². The van der Waals surface area contributed by atoms with Gasteiger partial charge in [-0.05, 0) is 36.2 Å². The van der Waals surface area contributed by atoms with E-state index in [2.05, 4.69) is 15.7 Å². The third-order valence-electron chi connectivity index (χ3n) is 5.12. The molecule has 1 aliphatic heterocycles. The van der Waals surface area contributed by atoms with Crippen molar-refractivity contribution >= 4 is 17.5 Å². The standard InChI is InChI=1S/C22H18F4N4O2/c23-18-10-16(29-20(31)9-13-2-1-3-15(8-13)22(24,25)26)4-5-17(18)14-11-28-30(12-14)19-6-7-27-21(19)32/h1-5,8,10-12,19H,6-7,9H2,(H,27,32)(H,29,31)/t19-/m1/s1. The summed E-state index contributed by atoms with van der Waals surface area (Å²) in [5.74, 6) is -1.33. The highest BCUT2D eigenvalue weighted by molar-refractivity contribution is 5.92. The zero-order valence-electron chi connectivity index (χ0n) is 16.6. The molecule has 1 aromatic heterocycles. The van der Waals surface area contributed by atoms with Gasteiger partial charge >= 0.3 is 6.18 Å². The second kappa shape index (κ2) is 8.45. The van der Waals surface area contributed by atoms with Crippen LogP contribution in [0.5, 0.6) is 0 Å². The van der Waals surface area contributed by atoms with Crippen LogP contribution in [0, 0.1) is 5.82 Å². The lowest BCUT2D eigenvalue weighted by Crippen LogP contribution is -2.22. The van der Waals surface area contributed by atoms with Crippen LogP contribution >= 0.6 is 0 Å². The number of amides is 2. The van der Waals surface area contributed by atoms with Crippen LogP contribution in [0.1, 0.15) is 23.6 Å². The molecule has 3 aromatic rings. The Balaban J connectivity index is 1.44. The van der Waals surface area contributed by atoms with Gasteiger partial charge in [-0.1, -0.05) is 18.2 Å². The molecule has 0 aliphatic carbocycles. The van der Waals surface area contributed by atoms with Gasteiger partial charge in [-0.15, -0.1) is 0 Å². The normalized spacial score (nSPS) is 16.1. The highest BCUT2D eigenvalue weighted by Crippen LogP contribution is 2.30. The van der Waals surface area contributed by atoms with Gasteiger partial charge in [0.1, 0.15) is 11.9 Å². The Morgan fingerprint density at radius 2 is 2.03 bits per heavy atom. The predicted molar refractivity (Wildman–Crippen MR) is 108 cm³/mol. The number of nitrogens with one attached hydrogen (secondary N) is 2. The van der Waals surface area contributed by atoms with E-state index >= 15 is 0 Å². The maximum absolute atomic E-state index is 14.7. The van der Waals surface area contributed by atoms with Crippen LogP contribution in [0.15, 0.2) is 54.9 Å². The first-order valence-electron chi connectivity index (χ1n) is 9.78. The van der Waals surface area contributed by atoms with E-state index < -0.39 is 29.5 Å². The molecule has 0 radical (unpaired) electrons. The Bertz CT molecular complexity index is 1170. The van der Waals surface area contributed by atoms with Crippen molar-refractivity contribution in [2.45, 2.75) is 25.1 Å². The highest BCUT2D eigenvalue weighted by Gasteiger charge is 2.30. The maximum atomic E-state index is 14.7. The van der Waals surface area contributed by atoms with Gasteiger partial charge in [0.15, 0.2) is 0 Å². The van der Waals surface area contributed by atoms with Gasteiger partial charge in [-0.3, -0.25) is 14.3 Å². The molecule has 6 nitrogen and oxygen atoms in total. The van der Waals surface area contributed by atoms with Crippen molar-refractivity contribution in [1.29, 1.82) is 0 Å². The first-order chi connectivity index (χ1) is 15.2. The number of aromatic nitrogens is 2. The van der Waals surface area contributed by atoms with Gasteiger partial charge in [0.05, 0.1) is 18.2 Å². The number of carbonyl (C=O) groups is 2. The van der Waals surface area contributed by atoms with Crippen molar-refractivity contribution in [1.82, 2.24) is 15.1 Å². The second-order valence-electron chi connectivity index (χ2n) is 7.42. The van der Waals surface area contributed by atoms with E-state index in [0.29, 0.717) is 18.5 Å². The molecule has 10 heteroatoms. The minimum Gasteiger partial charge on any atom is -0.354 e. The Morgan fingerprint density at radius 1 is 1.22 bits per heavy atom. The molecule has 1 atom stereocenters. The molecule has 0 unspecified atom stereocenters. The van der Waals surface area contributed by atoms with Gasteiger partial charge < -0.3 is 10.6 Å². The maximum Gasteiger partial charge on any atom is 0.416 e. The molecule has 1 aliphatic rings. The number of hydrogen-bond acceptors (Lipinski definition) is 3. The van der Waals surface area contributed by atoms with E-state index in [-0.39, 0.29) is 29.1 Å². The number of nitrogens with zero attached hydrogens (tertiary/aromatic N) is 2. The molecule has 2 aromatic carbocycles. The van der Waals surface area contributed by atoms with Crippen LogP contribution < -0.4 is 10.6 Å². The summed E-state index contributed by atoms with van der Waals surface area (Å²) in [7, 11) is 0. The number of rotatable bonds is 5. The van der Waals surface area contributed by atoms with Gasteiger partial charge in [0, 0.05) is 29.6 Å². The smallest absolute Gasteiger partial charge is 0.354 e. The minimum atomic E-state index is -4.50. The Hall–Kier alpha value is -3.69. The third-order valence-corrected chi connectivity index (χ3v) is 5.12. The Kier molecular flexibility index (Phi) is 5.68. The van der Waals surface area contributed by atoms with E-state index in [0.717, 1.165) is 18.2 Å². The lowest BCUT2D eigenvalue weighted by molar-refractivity contribution is -0.137. The first kappa shape index (κ1) is 21.5. The number of benzene rings is 2. The summed E-state index contributed by atoms with van der Waals surface area (Å²) in [6.07, 6.45) is -1.15. The Morgan fingerprint density at radius 3 is 2.72 bits per heavy atom. The number of hydrogen-bond donors (Lipinski definition) is 2. The van der Waals surface area contributed by atoms with Crippen molar-refractivity contribution in [3.8, 4) is 11.1 Å². The molecule has 2 heterocycles. The summed E-state index contributed by atoms with van der Waals surface area (Å²) in [5.41, 5.74) is 0.243. The molecular weight excluding hydrogens is 428 g/mol. The van der Waals surface area contributed by atoms with Crippen molar-refractivity contribution in [2.75, 3.05) is 11.9 Å². The predicted octanol–water partition coefficient (Wildman–Crippen LogP) is 3.95. The summed E-state index contributed by atoms with van der Waals surface area (Å²) < 4.78 is 54.6. The van der Waals surface area contributed by atoms with Crippen molar-refractivity contribution in [3.05, 3.63) is 71.8 Å². The largest absolute Gasteiger partial charge is 0.416 e. The van der Waals surface area contributed by atoms with Gasteiger partial charge in [0.25, 0.3) is 0 Å². The summed E-state index contributed by atoms with van der Waals surface area (Å²) in [6.45, 7) is 0.557. The molecule has 2 N–H and O–H groups in total. The number of halogens is 4. The lowest BCUT2D eigenvalue weighted by atomic mass is 10.1. The fourth-order valence-corrected chi connectivity index (χ4v) is 3.56. The van der Waals surface area contributed by atoms with Gasteiger partial charge in [0.2, 0.25) is 11.8 Å². The lowest BCUT2D eigenvalue weighted by Gasteiger charge is -2.10. The zero-order chi connectivity index (χ0) is 22.9. The molecule has 1 fully saturated rings. The fraction of sp³-hybridized carbons (Fsp3) is 0.227. The van der Waals surface area contributed by atoms with Crippen molar-refractivity contribution < 1.29 is 27.2 Å². The number of alkyl halides is 3. The molecular formula is C22H18F4N4O2. The first-order valence-corrected chi connectivity index (χ1v) is 9.78. The van der Waals surface area contributed by atoms with E-state index in [1.165, 1.54) is 35.1 Å². The molecule has 0 saturated carbocycles. The quantitative estimate of drug-likeness (QED) is 0.583. The SMILES string of the molecule is O=C(Cc1cccc(C(F)(F)F)c1)Nc1ccc(-c2cnn([C@@H]3CCNC3=O)c2)c(F)c1. The average Bonchev–Trinajstić information content (AvgIpc) is 3.36. The van der Waals surface area contributed by atoms with Crippen LogP contribution in [-0.4, -0.2) is 28.1 Å². The summed E-state index contributed by atoms with van der Waals surface area (Å²) in [6, 6.07) is 8.13. The number of anilines is 1. The molecule has 166 valence electrons. The molecule has 0 bridgehead atoms. The van der Waals surface area contributed by atoms with E-state index in [4.69, 9.17) is 0 Å². The summed E-state index contributed by atoms with van der Waals surface area (Å²) >= 11 is 0. The fourth-order valence-electron chi connectivity index (χ4n) is 3.56. The topological polar surface area (TPSA) is 76.0 Å². The average molecular weight is 446 g/mol. The van der Waals surface area contributed by atoms with Crippen LogP contribution in [0.3, 0.4) is 0 Å². The third kappa shape index (κ3) is 4.63. The molecule has 0 spiro atoms. The second-order valence-corrected chi connectivity index (χ2v) is 7.42. The van der Waals surface area contributed by atoms with Crippen LogP contribution in [0.4, 0.5) is 23.2 Å². The minimum absolute atomic E-state index is 0.140. The molecule has 32 heavy (non-hydrogen) atoms. The molecule has 1 saturated heterocycles. The molecule has 4 rings (SSSR count). The van der Waals surface area contributed by atoms with E-state index in [9.17, 15) is 27.2 Å². The van der Waals surface area contributed by atoms with E-state index in [1.807, 2.05) is 0 Å². The van der Waals surface area contributed by atoms with Gasteiger partial charge in [-0.25, -0.2) is 4.39 Å². The summed E-state index contributed by atoms with van der Waals surface area (Å²) in [4.78, 5) is 24.0. The molecule has 2 amide bonds. The van der Waals surface area contributed by atoms with Crippen molar-refractivity contribution in [3.63, 3.8) is 0 Å². The monoisotopic (exact) mass is 446 g/mol. The van der Waals surface area contributed by atoms with Gasteiger partial charge in [-0.2, -0.15) is 18.3 Å². The summed E-state index contributed by atoms with van der Waals surface area (Å²) in [5, 5.41) is 9.35. The highest BCUT2D eigenvalue weighted by atomic mass is 19.4. The van der Waals surface area contributed by atoms with Crippen LogP contribution in [0.25, 0.3) is 11.1 Å². The Labute approximate surface area is 180 Å².